The summed E-state index contributed by atoms with van der Waals surface area (Å²) >= 11 is 11.9. The minimum Gasteiger partial charge on any atom is -0.337 e. The van der Waals surface area contributed by atoms with Crippen LogP contribution in [-0.4, -0.2) is 28.0 Å². The third kappa shape index (κ3) is 5.08. The van der Waals surface area contributed by atoms with Crippen LogP contribution in [0.25, 0.3) is 11.4 Å². The van der Waals surface area contributed by atoms with Crippen LogP contribution in [0.4, 0.5) is 0 Å². The fourth-order valence-electron chi connectivity index (χ4n) is 2.57. The summed E-state index contributed by atoms with van der Waals surface area (Å²) in [7, 11) is 1.72. The van der Waals surface area contributed by atoms with E-state index in [-0.39, 0.29) is 12.5 Å². The summed E-state index contributed by atoms with van der Waals surface area (Å²) in [6.45, 7) is 2.28. The molecule has 1 heterocycles. The minimum atomic E-state index is -0.0174. The maximum absolute atomic E-state index is 12.4. The van der Waals surface area contributed by atoms with Crippen molar-refractivity contribution in [3.05, 3.63) is 69.5 Å². The Morgan fingerprint density at radius 2 is 1.85 bits per heavy atom. The van der Waals surface area contributed by atoms with Crippen LogP contribution in [-0.2, 0) is 17.8 Å². The molecule has 0 fully saturated rings. The Kier molecular flexibility index (Phi) is 6.14. The van der Waals surface area contributed by atoms with Crippen LogP contribution in [0, 0.1) is 6.92 Å². The predicted molar refractivity (Wildman–Crippen MR) is 106 cm³/mol. The molecule has 0 radical (unpaired) electrons. The average molecular weight is 404 g/mol. The minimum absolute atomic E-state index is 0.0174. The van der Waals surface area contributed by atoms with E-state index in [9.17, 15) is 4.79 Å². The van der Waals surface area contributed by atoms with Crippen molar-refractivity contribution < 1.29 is 9.32 Å². The molecule has 5 nitrogen and oxygen atoms in total. The molecule has 1 amide bonds. The molecule has 0 aliphatic rings. The molecule has 2 aromatic carbocycles. The van der Waals surface area contributed by atoms with E-state index in [1.54, 1.807) is 24.1 Å². The van der Waals surface area contributed by atoms with E-state index < -0.39 is 0 Å². The van der Waals surface area contributed by atoms with Gasteiger partial charge < -0.3 is 9.42 Å². The fraction of sp³-hybridized carbons (Fsp3) is 0.250. The third-order valence-corrected chi connectivity index (χ3v) is 4.93. The van der Waals surface area contributed by atoms with Gasteiger partial charge in [-0.25, -0.2) is 0 Å². The molecule has 0 N–H and O–H groups in total. The van der Waals surface area contributed by atoms with E-state index in [0.717, 1.165) is 16.7 Å². The summed E-state index contributed by atoms with van der Waals surface area (Å²) in [6, 6.07) is 13.2. The van der Waals surface area contributed by atoms with Gasteiger partial charge >= 0.3 is 0 Å². The van der Waals surface area contributed by atoms with Crippen molar-refractivity contribution in [2.75, 3.05) is 7.05 Å². The van der Waals surface area contributed by atoms with Crippen LogP contribution in [0.3, 0.4) is 0 Å². The van der Waals surface area contributed by atoms with Gasteiger partial charge in [0, 0.05) is 19.0 Å². The Labute approximate surface area is 167 Å². The number of halogens is 2. The SMILES string of the molecule is Cc1ccc(-c2noc(CN(C)C(=O)CCc3ccc(Cl)c(Cl)c3)n2)cc1. The molecule has 0 saturated carbocycles. The van der Waals surface area contributed by atoms with Crippen molar-refractivity contribution in [2.24, 2.45) is 0 Å². The first-order valence-corrected chi connectivity index (χ1v) is 9.25. The molecule has 0 atom stereocenters. The van der Waals surface area contributed by atoms with E-state index in [2.05, 4.69) is 10.1 Å². The second-order valence-electron chi connectivity index (χ2n) is 6.38. The van der Waals surface area contributed by atoms with E-state index in [0.29, 0.717) is 34.6 Å². The van der Waals surface area contributed by atoms with Gasteiger partial charge in [-0.2, -0.15) is 4.98 Å². The first-order chi connectivity index (χ1) is 12.9. The molecule has 0 saturated heterocycles. The Morgan fingerprint density at radius 1 is 1.11 bits per heavy atom. The number of aryl methyl sites for hydroxylation is 2. The van der Waals surface area contributed by atoms with Gasteiger partial charge in [-0.15, -0.1) is 0 Å². The molecule has 140 valence electrons. The van der Waals surface area contributed by atoms with Gasteiger partial charge in [0.05, 0.1) is 16.6 Å². The molecule has 3 rings (SSSR count). The largest absolute Gasteiger partial charge is 0.337 e. The standard InChI is InChI=1S/C20H19Cl2N3O2/c1-13-3-7-15(8-4-13)20-23-18(27-24-20)12-25(2)19(26)10-6-14-5-9-16(21)17(22)11-14/h3-5,7-9,11H,6,10,12H2,1-2H3. The Balaban J connectivity index is 1.56. The van der Waals surface area contributed by atoms with Crippen molar-refractivity contribution in [3.63, 3.8) is 0 Å². The van der Waals surface area contributed by atoms with Gasteiger partial charge in [-0.3, -0.25) is 4.79 Å². The first-order valence-electron chi connectivity index (χ1n) is 8.50. The van der Waals surface area contributed by atoms with E-state index in [4.69, 9.17) is 27.7 Å². The molecule has 0 unspecified atom stereocenters. The second kappa shape index (κ2) is 8.55. The molecule has 1 aromatic heterocycles. The first kappa shape index (κ1) is 19.4. The van der Waals surface area contributed by atoms with Crippen molar-refractivity contribution in [1.29, 1.82) is 0 Å². The zero-order valence-electron chi connectivity index (χ0n) is 15.1. The predicted octanol–water partition coefficient (Wildman–Crippen LogP) is 4.94. The van der Waals surface area contributed by atoms with Gasteiger partial charge in [0.15, 0.2) is 0 Å². The van der Waals surface area contributed by atoms with Crippen LogP contribution in [0.15, 0.2) is 47.0 Å². The topological polar surface area (TPSA) is 59.2 Å². The number of nitrogens with zero attached hydrogens (tertiary/aromatic N) is 3. The van der Waals surface area contributed by atoms with Crippen LogP contribution in [0.1, 0.15) is 23.4 Å². The second-order valence-corrected chi connectivity index (χ2v) is 7.19. The molecule has 0 aliphatic heterocycles. The molecule has 7 heteroatoms. The van der Waals surface area contributed by atoms with Gasteiger partial charge in [0.1, 0.15) is 0 Å². The molecule has 0 aliphatic carbocycles. The zero-order chi connectivity index (χ0) is 19.4. The fourth-order valence-corrected chi connectivity index (χ4v) is 2.89. The highest BCUT2D eigenvalue weighted by molar-refractivity contribution is 6.42. The van der Waals surface area contributed by atoms with Crippen molar-refractivity contribution in [2.45, 2.75) is 26.3 Å². The number of hydrogen-bond acceptors (Lipinski definition) is 4. The Bertz CT molecular complexity index is 939. The highest BCUT2D eigenvalue weighted by Crippen LogP contribution is 2.23. The summed E-state index contributed by atoms with van der Waals surface area (Å²) in [4.78, 5) is 18.3. The van der Waals surface area contributed by atoms with E-state index in [1.165, 1.54) is 0 Å². The summed E-state index contributed by atoms with van der Waals surface area (Å²) in [5.74, 6) is 0.897. The monoisotopic (exact) mass is 403 g/mol. The van der Waals surface area contributed by atoms with Crippen LogP contribution < -0.4 is 0 Å². The number of rotatable bonds is 6. The van der Waals surface area contributed by atoms with Crippen molar-refractivity contribution in [1.82, 2.24) is 15.0 Å². The lowest BCUT2D eigenvalue weighted by molar-refractivity contribution is -0.130. The van der Waals surface area contributed by atoms with Gasteiger partial charge in [-0.1, -0.05) is 64.3 Å². The molecular formula is C20H19Cl2N3O2. The highest BCUT2D eigenvalue weighted by Gasteiger charge is 2.15. The molecule has 0 bridgehead atoms. The average Bonchev–Trinajstić information content (AvgIpc) is 3.11. The highest BCUT2D eigenvalue weighted by atomic mass is 35.5. The molecular weight excluding hydrogens is 385 g/mol. The van der Waals surface area contributed by atoms with Crippen LogP contribution in [0.2, 0.25) is 10.0 Å². The zero-order valence-corrected chi connectivity index (χ0v) is 16.6. The van der Waals surface area contributed by atoms with Crippen LogP contribution in [0.5, 0.6) is 0 Å². The lowest BCUT2D eigenvalue weighted by Gasteiger charge is -2.14. The van der Waals surface area contributed by atoms with Crippen molar-refractivity contribution >= 4 is 29.1 Å². The molecule has 0 spiro atoms. The van der Waals surface area contributed by atoms with Crippen molar-refractivity contribution in [3.8, 4) is 11.4 Å². The third-order valence-electron chi connectivity index (χ3n) is 4.19. The number of benzene rings is 2. The van der Waals surface area contributed by atoms with E-state index >= 15 is 0 Å². The molecule has 3 aromatic rings. The lowest BCUT2D eigenvalue weighted by atomic mass is 10.1. The Morgan fingerprint density at radius 3 is 2.56 bits per heavy atom. The quantitative estimate of drug-likeness (QED) is 0.584. The Hall–Kier alpha value is -2.37. The van der Waals surface area contributed by atoms with Gasteiger partial charge in [0.2, 0.25) is 17.6 Å². The maximum Gasteiger partial charge on any atom is 0.246 e. The summed E-state index contributed by atoms with van der Waals surface area (Å²) < 4.78 is 5.27. The smallest absolute Gasteiger partial charge is 0.246 e. The number of carbonyl (C=O) groups excluding carboxylic acids is 1. The number of aromatic nitrogens is 2. The van der Waals surface area contributed by atoms with Gasteiger partial charge in [0.25, 0.3) is 0 Å². The van der Waals surface area contributed by atoms with Gasteiger partial charge in [-0.05, 0) is 31.0 Å². The summed E-state index contributed by atoms with van der Waals surface area (Å²) in [6.07, 6.45) is 0.936. The summed E-state index contributed by atoms with van der Waals surface area (Å²) in [5.41, 5.74) is 3.00. The maximum atomic E-state index is 12.4. The van der Waals surface area contributed by atoms with E-state index in [1.807, 2.05) is 37.3 Å². The number of carbonyl (C=O) groups is 1. The normalized spacial score (nSPS) is 10.8. The number of amides is 1. The molecule has 27 heavy (non-hydrogen) atoms. The summed E-state index contributed by atoms with van der Waals surface area (Å²) in [5, 5.41) is 4.98. The number of hydrogen-bond donors (Lipinski definition) is 0. The lowest BCUT2D eigenvalue weighted by Crippen LogP contribution is -2.26. The van der Waals surface area contributed by atoms with Crippen LogP contribution >= 0.6 is 23.2 Å².